The summed E-state index contributed by atoms with van der Waals surface area (Å²) in [5.74, 6) is 6.59. The van der Waals surface area contributed by atoms with E-state index in [0.29, 0.717) is 0 Å². The monoisotopic (exact) mass is 374 g/mol. The Kier molecular flexibility index (Phi) is 5.10. The number of hydrogen-bond donors (Lipinski definition) is 2. The molecule has 3 heterocycles. The van der Waals surface area contributed by atoms with Gasteiger partial charge in [0.1, 0.15) is 4.83 Å². The maximum atomic E-state index is 4.52. The summed E-state index contributed by atoms with van der Waals surface area (Å²) in [6, 6.07) is 12.6. The fraction of sp³-hybridized carbons (Fsp3) is 0.227. The van der Waals surface area contributed by atoms with Crippen LogP contribution in [-0.2, 0) is 0 Å². The molecule has 4 nitrogen and oxygen atoms in total. The number of aromatic nitrogens is 2. The van der Waals surface area contributed by atoms with Crippen molar-refractivity contribution in [2.75, 3.05) is 25.0 Å². The van der Waals surface area contributed by atoms with E-state index in [1.165, 1.54) is 5.39 Å². The molecular formula is C22H22N4S. The highest BCUT2D eigenvalue weighted by molar-refractivity contribution is 7.19. The molecule has 0 saturated carbocycles. The molecule has 136 valence electrons. The molecule has 3 aromatic heterocycles. The van der Waals surface area contributed by atoms with Gasteiger partial charge in [-0.15, -0.1) is 11.3 Å². The number of rotatable bonds is 5. The van der Waals surface area contributed by atoms with Crippen LogP contribution in [0, 0.1) is 11.8 Å². The van der Waals surface area contributed by atoms with Crippen LogP contribution < -0.4 is 5.32 Å². The van der Waals surface area contributed by atoms with Crippen molar-refractivity contribution in [2.24, 2.45) is 0 Å². The number of benzene rings is 1. The normalized spacial score (nSPS) is 11.1. The van der Waals surface area contributed by atoms with Gasteiger partial charge in [0.25, 0.3) is 0 Å². The summed E-state index contributed by atoms with van der Waals surface area (Å²) < 4.78 is 0. The lowest BCUT2D eigenvalue weighted by atomic mass is 10.2. The maximum Gasteiger partial charge on any atom is 0.126 e. The standard InChI is InChI=1S/C22H22N4S/c1-3-26(4-2)13-5-6-18-15-19-21(10-12-24-22(19)27-18)25-17-7-8-20-16(14-17)9-11-23-20/h7-12,14-15,23H,3-4,13H2,1-2H3,(H,24,25). The third kappa shape index (κ3) is 3.82. The van der Waals surface area contributed by atoms with Crippen molar-refractivity contribution in [3.8, 4) is 11.8 Å². The quantitative estimate of drug-likeness (QED) is 0.471. The average Bonchev–Trinajstić information content (AvgIpc) is 3.32. The van der Waals surface area contributed by atoms with E-state index < -0.39 is 0 Å². The highest BCUT2D eigenvalue weighted by atomic mass is 32.1. The summed E-state index contributed by atoms with van der Waals surface area (Å²) in [4.78, 5) is 12.1. The van der Waals surface area contributed by atoms with E-state index >= 15 is 0 Å². The number of nitrogens with one attached hydrogen (secondary N) is 2. The second-order valence-electron chi connectivity index (χ2n) is 6.36. The van der Waals surface area contributed by atoms with Gasteiger partial charge < -0.3 is 10.3 Å². The van der Waals surface area contributed by atoms with E-state index in [4.69, 9.17) is 0 Å². The number of hydrogen-bond acceptors (Lipinski definition) is 4. The molecule has 0 amide bonds. The maximum absolute atomic E-state index is 4.52. The van der Waals surface area contributed by atoms with Gasteiger partial charge in [-0.3, -0.25) is 4.90 Å². The van der Waals surface area contributed by atoms with Crippen molar-refractivity contribution in [1.82, 2.24) is 14.9 Å². The molecule has 0 fully saturated rings. The van der Waals surface area contributed by atoms with Crippen LogP contribution in [0.1, 0.15) is 18.7 Å². The van der Waals surface area contributed by atoms with Crippen molar-refractivity contribution in [3.05, 3.63) is 53.7 Å². The number of H-pyrrole nitrogens is 1. The third-order valence-corrected chi connectivity index (χ3v) is 5.64. The summed E-state index contributed by atoms with van der Waals surface area (Å²) >= 11 is 1.64. The van der Waals surface area contributed by atoms with E-state index in [2.05, 4.69) is 76.2 Å². The first-order valence-corrected chi connectivity index (χ1v) is 10.0. The molecule has 27 heavy (non-hydrogen) atoms. The molecule has 0 saturated heterocycles. The van der Waals surface area contributed by atoms with Crippen molar-refractivity contribution < 1.29 is 0 Å². The lowest BCUT2D eigenvalue weighted by Crippen LogP contribution is -2.22. The number of pyridine rings is 1. The largest absolute Gasteiger partial charge is 0.361 e. The molecule has 0 spiro atoms. The number of aromatic amines is 1. The van der Waals surface area contributed by atoms with Gasteiger partial charge in [-0.1, -0.05) is 25.7 Å². The van der Waals surface area contributed by atoms with Crippen LogP contribution in [-0.4, -0.2) is 34.5 Å². The average molecular weight is 375 g/mol. The molecule has 0 bridgehead atoms. The minimum absolute atomic E-state index is 0.802. The number of thiophene rings is 1. The Hall–Kier alpha value is -2.81. The second kappa shape index (κ2) is 7.83. The van der Waals surface area contributed by atoms with E-state index in [-0.39, 0.29) is 0 Å². The van der Waals surface area contributed by atoms with Crippen LogP contribution in [0.25, 0.3) is 21.1 Å². The predicted octanol–water partition coefficient (Wildman–Crippen LogP) is 5.21. The first kappa shape index (κ1) is 17.6. The lowest BCUT2D eigenvalue weighted by Gasteiger charge is -2.12. The van der Waals surface area contributed by atoms with Crippen molar-refractivity contribution in [2.45, 2.75) is 13.8 Å². The Labute approximate surface area is 163 Å². The minimum Gasteiger partial charge on any atom is -0.361 e. The first-order chi connectivity index (χ1) is 13.3. The van der Waals surface area contributed by atoms with Gasteiger partial charge in [-0.2, -0.15) is 0 Å². The number of nitrogens with zero attached hydrogens (tertiary/aromatic N) is 2. The van der Waals surface area contributed by atoms with Gasteiger partial charge in [0.2, 0.25) is 0 Å². The van der Waals surface area contributed by atoms with Gasteiger partial charge in [0.05, 0.1) is 17.1 Å². The molecule has 4 rings (SSSR count). The summed E-state index contributed by atoms with van der Waals surface area (Å²) in [6.07, 6.45) is 3.81. The van der Waals surface area contributed by atoms with Crippen molar-refractivity contribution in [3.63, 3.8) is 0 Å². The highest BCUT2D eigenvalue weighted by Crippen LogP contribution is 2.31. The number of fused-ring (bicyclic) bond motifs is 2. The van der Waals surface area contributed by atoms with Crippen LogP contribution in [0.15, 0.2) is 48.8 Å². The zero-order valence-electron chi connectivity index (χ0n) is 15.5. The molecule has 1 aromatic carbocycles. The second-order valence-corrected chi connectivity index (χ2v) is 7.39. The van der Waals surface area contributed by atoms with Crippen molar-refractivity contribution in [1.29, 1.82) is 0 Å². The summed E-state index contributed by atoms with van der Waals surface area (Å²) in [5, 5.41) is 5.84. The van der Waals surface area contributed by atoms with E-state index in [0.717, 1.165) is 51.6 Å². The van der Waals surface area contributed by atoms with E-state index in [9.17, 15) is 0 Å². The summed E-state index contributed by atoms with van der Waals surface area (Å²) in [6.45, 7) is 7.18. The Bertz CT molecular complexity index is 1130. The van der Waals surface area contributed by atoms with Crippen LogP contribution in [0.5, 0.6) is 0 Å². The molecule has 5 heteroatoms. The van der Waals surface area contributed by atoms with Gasteiger partial charge in [-0.25, -0.2) is 4.98 Å². The number of anilines is 2. The molecule has 0 unspecified atom stereocenters. The lowest BCUT2D eigenvalue weighted by molar-refractivity contribution is 0.342. The molecule has 0 aliphatic heterocycles. The van der Waals surface area contributed by atoms with Gasteiger partial charge in [0, 0.05) is 34.4 Å². The SMILES string of the molecule is CCN(CC)CC#Cc1cc2c(Nc3ccc4[nH]ccc4c3)ccnc2s1. The predicted molar refractivity (Wildman–Crippen MR) is 116 cm³/mol. The zero-order valence-corrected chi connectivity index (χ0v) is 16.4. The molecule has 4 aromatic rings. The van der Waals surface area contributed by atoms with Gasteiger partial charge in [-0.05, 0) is 49.5 Å². The Morgan fingerprint density at radius 2 is 2.04 bits per heavy atom. The third-order valence-electron chi connectivity index (χ3n) is 4.68. The smallest absolute Gasteiger partial charge is 0.126 e. The van der Waals surface area contributed by atoms with Gasteiger partial charge >= 0.3 is 0 Å². The molecule has 0 atom stereocenters. The summed E-state index contributed by atoms with van der Waals surface area (Å²) in [7, 11) is 0. The van der Waals surface area contributed by atoms with Crippen LogP contribution in [0.3, 0.4) is 0 Å². The fourth-order valence-electron chi connectivity index (χ4n) is 3.08. The van der Waals surface area contributed by atoms with Gasteiger partial charge in [0.15, 0.2) is 0 Å². The molecular weight excluding hydrogens is 352 g/mol. The Balaban J connectivity index is 1.60. The van der Waals surface area contributed by atoms with E-state index in [1.807, 2.05) is 18.5 Å². The topological polar surface area (TPSA) is 44.0 Å². The minimum atomic E-state index is 0.802. The van der Waals surface area contributed by atoms with E-state index in [1.54, 1.807) is 11.3 Å². The zero-order chi connectivity index (χ0) is 18.6. The summed E-state index contributed by atoms with van der Waals surface area (Å²) in [5.41, 5.74) is 3.26. The van der Waals surface area contributed by atoms with Crippen LogP contribution in [0.2, 0.25) is 0 Å². The highest BCUT2D eigenvalue weighted by Gasteiger charge is 2.07. The van der Waals surface area contributed by atoms with Crippen LogP contribution in [0.4, 0.5) is 11.4 Å². The molecule has 2 N–H and O–H groups in total. The van der Waals surface area contributed by atoms with Crippen molar-refractivity contribution >= 4 is 43.8 Å². The fourth-order valence-corrected chi connectivity index (χ4v) is 3.98. The first-order valence-electron chi connectivity index (χ1n) is 9.20. The Morgan fingerprint density at radius 3 is 2.89 bits per heavy atom. The molecule has 0 radical (unpaired) electrons. The molecule has 0 aliphatic rings. The van der Waals surface area contributed by atoms with Crippen LogP contribution >= 0.6 is 11.3 Å². The molecule has 0 aliphatic carbocycles. The Morgan fingerprint density at radius 1 is 1.15 bits per heavy atom.